The average molecular weight is 364 g/mol. The summed E-state index contributed by atoms with van der Waals surface area (Å²) in [6.45, 7) is 0.749. The SMILES string of the molecule is O=C(C[C@H]1CCS(=O)(=O)C1)N1CCC[C@H]1c1nc2ccccc2s1. The third-order valence-electron chi connectivity index (χ3n) is 4.96. The molecule has 0 N–H and O–H groups in total. The number of aromatic nitrogens is 1. The van der Waals surface area contributed by atoms with E-state index in [9.17, 15) is 13.2 Å². The Labute approximate surface area is 145 Å². The van der Waals surface area contributed by atoms with Crippen LogP contribution in [-0.2, 0) is 14.6 Å². The highest BCUT2D eigenvalue weighted by molar-refractivity contribution is 7.91. The molecular formula is C17H20N2O3S2. The number of hydrogen-bond donors (Lipinski definition) is 0. The van der Waals surface area contributed by atoms with E-state index in [-0.39, 0.29) is 29.4 Å². The normalized spacial score (nSPS) is 26.2. The molecule has 0 bridgehead atoms. The van der Waals surface area contributed by atoms with Crippen molar-refractivity contribution in [3.8, 4) is 0 Å². The van der Waals surface area contributed by atoms with Crippen molar-refractivity contribution in [2.24, 2.45) is 5.92 Å². The summed E-state index contributed by atoms with van der Waals surface area (Å²) in [6, 6.07) is 8.08. The van der Waals surface area contributed by atoms with Crippen LogP contribution >= 0.6 is 11.3 Å². The van der Waals surface area contributed by atoms with Crippen molar-refractivity contribution in [2.75, 3.05) is 18.1 Å². The first-order chi connectivity index (χ1) is 11.5. The van der Waals surface area contributed by atoms with Gasteiger partial charge in [-0.3, -0.25) is 4.79 Å². The van der Waals surface area contributed by atoms with Crippen molar-refractivity contribution in [1.82, 2.24) is 9.88 Å². The Bertz CT molecular complexity index is 842. The molecule has 1 amide bonds. The number of carbonyl (C=O) groups is 1. The molecule has 0 aliphatic carbocycles. The molecule has 2 aliphatic heterocycles. The molecule has 7 heteroatoms. The molecule has 2 aliphatic rings. The van der Waals surface area contributed by atoms with Crippen LogP contribution in [0.3, 0.4) is 0 Å². The minimum Gasteiger partial charge on any atom is -0.333 e. The number of thiazole rings is 1. The molecular weight excluding hydrogens is 344 g/mol. The number of carbonyl (C=O) groups excluding carboxylic acids is 1. The fourth-order valence-corrected chi connectivity index (χ4v) is 6.73. The molecule has 0 unspecified atom stereocenters. The smallest absolute Gasteiger partial charge is 0.223 e. The number of nitrogens with zero attached hydrogens (tertiary/aromatic N) is 2. The second kappa shape index (κ2) is 6.11. The minimum absolute atomic E-state index is 0.0147. The number of fused-ring (bicyclic) bond motifs is 1. The van der Waals surface area contributed by atoms with Gasteiger partial charge in [-0.1, -0.05) is 12.1 Å². The molecule has 2 fully saturated rings. The Morgan fingerprint density at radius 1 is 1.29 bits per heavy atom. The van der Waals surface area contributed by atoms with Gasteiger partial charge in [0, 0.05) is 13.0 Å². The quantitative estimate of drug-likeness (QED) is 0.840. The van der Waals surface area contributed by atoms with Gasteiger partial charge in [-0.05, 0) is 37.3 Å². The molecule has 4 rings (SSSR count). The number of benzene rings is 1. The van der Waals surface area contributed by atoms with Crippen LogP contribution in [0.2, 0.25) is 0 Å². The topological polar surface area (TPSA) is 67.3 Å². The minimum atomic E-state index is -2.93. The summed E-state index contributed by atoms with van der Waals surface area (Å²) < 4.78 is 24.3. The molecule has 0 spiro atoms. The number of rotatable bonds is 3. The Hall–Kier alpha value is -1.47. The van der Waals surface area contributed by atoms with Gasteiger partial charge in [0.25, 0.3) is 0 Å². The van der Waals surface area contributed by atoms with Gasteiger partial charge < -0.3 is 4.90 Å². The fourth-order valence-electron chi connectivity index (χ4n) is 3.75. The van der Waals surface area contributed by atoms with E-state index in [2.05, 4.69) is 6.07 Å². The van der Waals surface area contributed by atoms with Gasteiger partial charge in [-0.2, -0.15) is 0 Å². The maximum atomic E-state index is 12.7. The molecule has 3 heterocycles. The van der Waals surface area contributed by atoms with Crippen LogP contribution < -0.4 is 0 Å². The molecule has 0 saturated carbocycles. The van der Waals surface area contributed by atoms with E-state index in [4.69, 9.17) is 4.98 Å². The first kappa shape index (κ1) is 16.0. The largest absolute Gasteiger partial charge is 0.333 e. The second-order valence-electron chi connectivity index (χ2n) is 6.74. The Balaban J connectivity index is 1.51. The number of para-hydroxylation sites is 1. The summed E-state index contributed by atoms with van der Waals surface area (Å²) in [6.07, 6.45) is 2.89. The number of amides is 1. The van der Waals surface area contributed by atoms with Gasteiger partial charge in [0.2, 0.25) is 5.91 Å². The lowest BCUT2D eigenvalue weighted by atomic mass is 10.0. The highest BCUT2D eigenvalue weighted by atomic mass is 32.2. The highest BCUT2D eigenvalue weighted by Gasteiger charge is 2.35. The molecule has 0 radical (unpaired) electrons. The van der Waals surface area contributed by atoms with E-state index in [0.29, 0.717) is 12.8 Å². The van der Waals surface area contributed by atoms with Crippen LogP contribution in [0.5, 0.6) is 0 Å². The third kappa shape index (κ3) is 3.07. The van der Waals surface area contributed by atoms with Crippen LogP contribution in [-0.4, -0.2) is 42.3 Å². The molecule has 1 aromatic heterocycles. The average Bonchev–Trinajstić information content (AvgIpc) is 3.24. The van der Waals surface area contributed by atoms with E-state index in [1.165, 1.54) is 0 Å². The first-order valence-electron chi connectivity index (χ1n) is 8.37. The molecule has 128 valence electrons. The van der Waals surface area contributed by atoms with Crippen molar-refractivity contribution in [1.29, 1.82) is 0 Å². The summed E-state index contributed by atoms with van der Waals surface area (Å²) in [5.41, 5.74) is 0.985. The van der Waals surface area contributed by atoms with Crippen LogP contribution in [0, 0.1) is 5.92 Å². The monoisotopic (exact) mass is 364 g/mol. The van der Waals surface area contributed by atoms with Gasteiger partial charge in [0.15, 0.2) is 9.84 Å². The van der Waals surface area contributed by atoms with Crippen molar-refractivity contribution in [2.45, 2.75) is 31.7 Å². The maximum Gasteiger partial charge on any atom is 0.223 e. The molecule has 1 aromatic carbocycles. The number of likely N-dealkylation sites (tertiary alicyclic amines) is 1. The fraction of sp³-hybridized carbons (Fsp3) is 0.529. The van der Waals surface area contributed by atoms with Gasteiger partial charge >= 0.3 is 0 Å². The highest BCUT2D eigenvalue weighted by Crippen LogP contribution is 2.37. The van der Waals surface area contributed by atoms with Crippen LogP contribution in [0.15, 0.2) is 24.3 Å². The predicted molar refractivity (Wildman–Crippen MR) is 94.7 cm³/mol. The Morgan fingerprint density at radius 2 is 2.12 bits per heavy atom. The van der Waals surface area contributed by atoms with E-state index in [0.717, 1.165) is 34.6 Å². The van der Waals surface area contributed by atoms with Gasteiger partial charge in [0.1, 0.15) is 5.01 Å². The van der Waals surface area contributed by atoms with E-state index in [1.54, 1.807) is 11.3 Å². The van der Waals surface area contributed by atoms with Gasteiger partial charge in [0.05, 0.1) is 27.8 Å². The summed E-state index contributed by atoms with van der Waals surface area (Å²) in [7, 11) is -2.93. The summed E-state index contributed by atoms with van der Waals surface area (Å²) in [4.78, 5) is 19.3. The van der Waals surface area contributed by atoms with Crippen molar-refractivity contribution in [3.05, 3.63) is 29.3 Å². The van der Waals surface area contributed by atoms with E-state index < -0.39 is 9.84 Å². The van der Waals surface area contributed by atoms with Crippen molar-refractivity contribution < 1.29 is 13.2 Å². The zero-order valence-corrected chi connectivity index (χ0v) is 15.0. The van der Waals surface area contributed by atoms with Crippen molar-refractivity contribution >= 4 is 37.3 Å². The summed E-state index contributed by atoms with van der Waals surface area (Å²) in [5, 5.41) is 1.00. The molecule has 5 nitrogen and oxygen atoms in total. The first-order valence-corrected chi connectivity index (χ1v) is 11.0. The van der Waals surface area contributed by atoms with E-state index >= 15 is 0 Å². The summed E-state index contributed by atoms with van der Waals surface area (Å²) >= 11 is 1.66. The number of sulfone groups is 1. The standard InChI is InChI=1S/C17H20N2O3S2/c20-16(10-12-7-9-24(21,22)11-12)19-8-3-5-14(19)17-18-13-4-1-2-6-15(13)23-17/h1-2,4,6,12,14H,3,5,7-11H2/t12-,14+/m1/s1. The van der Waals surface area contributed by atoms with Gasteiger partial charge in [-0.25, -0.2) is 13.4 Å². The van der Waals surface area contributed by atoms with Crippen LogP contribution in [0.1, 0.15) is 36.7 Å². The molecule has 2 aromatic rings. The van der Waals surface area contributed by atoms with Crippen molar-refractivity contribution in [3.63, 3.8) is 0 Å². The summed E-state index contributed by atoms with van der Waals surface area (Å²) in [5.74, 6) is 0.461. The molecule has 24 heavy (non-hydrogen) atoms. The maximum absolute atomic E-state index is 12.7. The second-order valence-corrected chi connectivity index (χ2v) is 10.0. The van der Waals surface area contributed by atoms with Crippen LogP contribution in [0.4, 0.5) is 0 Å². The van der Waals surface area contributed by atoms with Gasteiger partial charge in [-0.15, -0.1) is 11.3 Å². The Kier molecular flexibility index (Phi) is 4.08. The molecule has 2 atom stereocenters. The molecule has 2 saturated heterocycles. The number of hydrogen-bond acceptors (Lipinski definition) is 5. The lowest BCUT2D eigenvalue weighted by Crippen LogP contribution is -2.32. The third-order valence-corrected chi connectivity index (χ3v) is 7.93. The van der Waals surface area contributed by atoms with E-state index in [1.807, 2.05) is 23.1 Å². The zero-order valence-electron chi connectivity index (χ0n) is 13.3. The lowest BCUT2D eigenvalue weighted by Gasteiger charge is -2.24. The lowest BCUT2D eigenvalue weighted by molar-refractivity contribution is -0.133. The Morgan fingerprint density at radius 3 is 2.88 bits per heavy atom. The van der Waals surface area contributed by atoms with Crippen LogP contribution in [0.25, 0.3) is 10.2 Å². The zero-order chi connectivity index (χ0) is 16.7. The predicted octanol–water partition coefficient (Wildman–Crippen LogP) is 2.78.